The predicted octanol–water partition coefficient (Wildman–Crippen LogP) is 4.78. The Morgan fingerprint density at radius 1 is 1.21 bits per heavy atom. The van der Waals surface area contributed by atoms with Crippen LogP contribution in [0.3, 0.4) is 0 Å². The van der Waals surface area contributed by atoms with Crippen LogP contribution >= 0.6 is 11.6 Å². The Hall–Kier alpha value is -3.06. The van der Waals surface area contributed by atoms with E-state index in [1.165, 1.54) is 6.08 Å². The molecule has 0 atom stereocenters. The molecule has 1 aliphatic rings. The molecule has 5 nitrogen and oxygen atoms in total. The average molecular weight is 420 g/mol. The first-order valence-corrected chi connectivity index (χ1v) is 9.07. The van der Waals surface area contributed by atoms with E-state index in [0.717, 1.165) is 12.1 Å². The summed E-state index contributed by atoms with van der Waals surface area (Å²) in [7, 11) is 0. The van der Waals surface area contributed by atoms with Crippen LogP contribution in [0.25, 0.3) is 6.08 Å². The highest BCUT2D eigenvalue weighted by Gasteiger charge is 2.26. The molecule has 1 heterocycles. The molecule has 0 aliphatic carbocycles. The maximum Gasteiger partial charge on any atom is 0.363 e. The molecule has 0 N–H and O–H groups in total. The molecule has 0 spiro atoms. The Morgan fingerprint density at radius 3 is 2.52 bits per heavy atom. The molecule has 1 aliphatic heterocycles. The average Bonchev–Trinajstić information content (AvgIpc) is 3.03. The number of cyclic esters (lactones) is 1. The van der Waals surface area contributed by atoms with E-state index < -0.39 is 23.6 Å². The van der Waals surface area contributed by atoms with Crippen LogP contribution in [-0.4, -0.2) is 24.4 Å². The van der Waals surface area contributed by atoms with Crippen LogP contribution in [0.1, 0.15) is 35.3 Å². The highest BCUT2D eigenvalue weighted by molar-refractivity contribution is 6.34. The van der Waals surface area contributed by atoms with Gasteiger partial charge in [-0.05, 0) is 41.8 Å². The van der Waals surface area contributed by atoms with Crippen molar-refractivity contribution in [2.24, 2.45) is 10.9 Å². The van der Waals surface area contributed by atoms with Gasteiger partial charge in [-0.25, -0.2) is 23.4 Å². The molecular weight excluding hydrogens is 404 g/mol. The molecule has 2 aromatic carbocycles. The number of hydrogen-bond acceptors (Lipinski definition) is 5. The summed E-state index contributed by atoms with van der Waals surface area (Å²) < 4.78 is 36.9. The van der Waals surface area contributed by atoms with Gasteiger partial charge in [-0.2, -0.15) is 0 Å². The molecule has 0 saturated heterocycles. The second kappa shape index (κ2) is 8.53. The molecule has 3 rings (SSSR count). The predicted molar refractivity (Wildman–Crippen MR) is 104 cm³/mol. The van der Waals surface area contributed by atoms with Gasteiger partial charge in [0, 0.05) is 0 Å². The van der Waals surface area contributed by atoms with Gasteiger partial charge in [0.05, 0.1) is 22.8 Å². The zero-order chi connectivity index (χ0) is 21.1. The summed E-state index contributed by atoms with van der Waals surface area (Å²) in [5.74, 6) is -3.45. The maximum atomic E-state index is 13.5. The standard InChI is InChI=1S/C21H16ClF2NO4/c1-11(2)10-28-20(26)13-5-3-12(4-6-13)7-18-21(27)29-19(25-18)14-8-16(23)17(24)9-15(14)22/h3-9,11H,10H2,1-2H3/b18-7-. The van der Waals surface area contributed by atoms with Crippen molar-refractivity contribution in [1.29, 1.82) is 0 Å². The Labute approximate surface area is 170 Å². The van der Waals surface area contributed by atoms with Crippen LogP contribution in [0.4, 0.5) is 8.78 Å². The molecule has 0 amide bonds. The minimum Gasteiger partial charge on any atom is -0.462 e. The van der Waals surface area contributed by atoms with Crippen molar-refractivity contribution < 1.29 is 27.8 Å². The summed E-state index contributed by atoms with van der Waals surface area (Å²) in [5, 5.41) is -0.138. The van der Waals surface area contributed by atoms with E-state index in [0.29, 0.717) is 17.7 Å². The van der Waals surface area contributed by atoms with Crippen LogP contribution < -0.4 is 0 Å². The van der Waals surface area contributed by atoms with Gasteiger partial charge in [-0.3, -0.25) is 0 Å². The van der Waals surface area contributed by atoms with Crippen molar-refractivity contribution in [1.82, 2.24) is 0 Å². The molecule has 2 aromatic rings. The zero-order valence-corrected chi connectivity index (χ0v) is 16.3. The summed E-state index contributed by atoms with van der Waals surface area (Å²) in [5.41, 5.74) is 0.875. The summed E-state index contributed by atoms with van der Waals surface area (Å²) in [4.78, 5) is 28.0. The van der Waals surface area contributed by atoms with Gasteiger partial charge in [0.15, 0.2) is 17.3 Å². The third-order valence-corrected chi connectivity index (χ3v) is 4.17. The van der Waals surface area contributed by atoms with Crippen LogP contribution in [0.5, 0.6) is 0 Å². The summed E-state index contributed by atoms with van der Waals surface area (Å²) >= 11 is 5.89. The maximum absolute atomic E-state index is 13.5. The highest BCUT2D eigenvalue weighted by atomic mass is 35.5. The fourth-order valence-corrected chi connectivity index (χ4v) is 2.64. The lowest BCUT2D eigenvalue weighted by atomic mass is 10.1. The van der Waals surface area contributed by atoms with E-state index in [9.17, 15) is 18.4 Å². The molecule has 0 bridgehead atoms. The number of ether oxygens (including phenoxy) is 2. The van der Waals surface area contributed by atoms with E-state index in [1.54, 1.807) is 24.3 Å². The van der Waals surface area contributed by atoms with E-state index in [-0.39, 0.29) is 28.1 Å². The van der Waals surface area contributed by atoms with Crippen LogP contribution in [0.15, 0.2) is 47.1 Å². The number of rotatable bonds is 5. The third kappa shape index (κ3) is 4.86. The van der Waals surface area contributed by atoms with Gasteiger partial charge < -0.3 is 9.47 Å². The Balaban J connectivity index is 1.81. The van der Waals surface area contributed by atoms with E-state index >= 15 is 0 Å². The molecule has 29 heavy (non-hydrogen) atoms. The first-order chi connectivity index (χ1) is 13.7. The van der Waals surface area contributed by atoms with Crippen molar-refractivity contribution >= 4 is 35.5 Å². The Bertz CT molecular complexity index is 1030. The van der Waals surface area contributed by atoms with Crippen molar-refractivity contribution in [2.75, 3.05) is 6.61 Å². The summed E-state index contributed by atoms with van der Waals surface area (Å²) in [6.45, 7) is 4.19. The van der Waals surface area contributed by atoms with E-state index in [1.807, 2.05) is 13.8 Å². The molecule has 150 valence electrons. The molecule has 0 unspecified atom stereocenters. The number of esters is 2. The van der Waals surface area contributed by atoms with E-state index in [2.05, 4.69) is 4.99 Å². The number of benzene rings is 2. The van der Waals surface area contributed by atoms with Gasteiger partial charge in [0.1, 0.15) is 0 Å². The molecular formula is C21H16ClF2NO4. The number of carbonyl (C=O) groups is 2. The number of hydrogen-bond donors (Lipinski definition) is 0. The fourth-order valence-electron chi connectivity index (χ4n) is 2.41. The zero-order valence-electron chi connectivity index (χ0n) is 15.5. The number of nitrogens with zero attached hydrogens (tertiary/aromatic N) is 1. The molecule has 0 aromatic heterocycles. The lowest BCUT2D eigenvalue weighted by Gasteiger charge is -2.07. The number of carbonyl (C=O) groups excluding carboxylic acids is 2. The minimum atomic E-state index is -1.14. The van der Waals surface area contributed by atoms with Crippen LogP contribution in [-0.2, 0) is 14.3 Å². The van der Waals surface area contributed by atoms with Crippen LogP contribution in [0.2, 0.25) is 5.02 Å². The molecule has 0 radical (unpaired) electrons. The van der Waals surface area contributed by atoms with Crippen molar-refractivity contribution in [3.05, 3.63) is 75.4 Å². The van der Waals surface area contributed by atoms with Crippen LogP contribution in [0, 0.1) is 17.6 Å². The first-order valence-electron chi connectivity index (χ1n) is 8.69. The lowest BCUT2D eigenvalue weighted by molar-refractivity contribution is -0.129. The van der Waals surface area contributed by atoms with Crippen molar-refractivity contribution in [2.45, 2.75) is 13.8 Å². The lowest BCUT2D eigenvalue weighted by Crippen LogP contribution is -2.10. The topological polar surface area (TPSA) is 65.0 Å². The first kappa shape index (κ1) is 20.7. The van der Waals surface area contributed by atoms with Crippen molar-refractivity contribution in [3.63, 3.8) is 0 Å². The summed E-state index contributed by atoms with van der Waals surface area (Å²) in [6.07, 6.45) is 1.44. The SMILES string of the molecule is CC(C)COC(=O)c1ccc(/C=C2\N=C(c3cc(F)c(F)cc3Cl)OC2=O)cc1. The Morgan fingerprint density at radius 2 is 1.86 bits per heavy atom. The van der Waals surface area contributed by atoms with Gasteiger partial charge in [0.2, 0.25) is 5.90 Å². The summed E-state index contributed by atoms with van der Waals surface area (Å²) in [6, 6.07) is 7.94. The number of aliphatic imine (C=N–C) groups is 1. The van der Waals surface area contributed by atoms with Crippen molar-refractivity contribution in [3.8, 4) is 0 Å². The molecule has 0 saturated carbocycles. The largest absolute Gasteiger partial charge is 0.462 e. The van der Waals surface area contributed by atoms with E-state index in [4.69, 9.17) is 21.1 Å². The fraction of sp³-hybridized carbons (Fsp3) is 0.190. The van der Waals surface area contributed by atoms with Gasteiger partial charge in [-0.15, -0.1) is 0 Å². The minimum absolute atomic E-state index is 0.0365. The Kier molecular flexibility index (Phi) is 6.08. The third-order valence-electron chi connectivity index (χ3n) is 3.86. The van der Waals surface area contributed by atoms with Gasteiger partial charge in [0.25, 0.3) is 0 Å². The van der Waals surface area contributed by atoms with Gasteiger partial charge >= 0.3 is 11.9 Å². The highest BCUT2D eigenvalue weighted by Crippen LogP contribution is 2.26. The monoisotopic (exact) mass is 419 g/mol. The smallest absolute Gasteiger partial charge is 0.363 e. The second-order valence-electron chi connectivity index (χ2n) is 6.70. The second-order valence-corrected chi connectivity index (χ2v) is 7.10. The number of halogens is 3. The normalized spacial score (nSPS) is 14.9. The molecule has 8 heteroatoms. The van der Waals surface area contributed by atoms with Gasteiger partial charge in [-0.1, -0.05) is 37.6 Å². The quantitative estimate of drug-likeness (QED) is 0.397. The molecule has 0 fully saturated rings.